The van der Waals surface area contributed by atoms with Crippen LogP contribution in [0.2, 0.25) is 0 Å². The van der Waals surface area contributed by atoms with Crippen molar-refractivity contribution < 1.29 is 19.4 Å². The molecule has 7 heteroatoms. The molecule has 1 aliphatic heterocycles. The van der Waals surface area contributed by atoms with E-state index < -0.39 is 11.3 Å². The van der Waals surface area contributed by atoms with Gasteiger partial charge in [-0.05, 0) is 48.2 Å². The van der Waals surface area contributed by atoms with E-state index in [2.05, 4.69) is 5.32 Å². The highest BCUT2D eigenvalue weighted by Gasteiger charge is 2.23. The van der Waals surface area contributed by atoms with E-state index in [9.17, 15) is 19.5 Å². The third kappa shape index (κ3) is 4.07. The SMILES string of the molecule is COCCNC(=O)c1cccc(/C=C/C(=O)c2c(O)c3cccc4c3n(c2=O)CCC4)c1. The molecule has 0 saturated carbocycles. The quantitative estimate of drug-likeness (QED) is 0.340. The fourth-order valence-electron chi connectivity index (χ4n) is 4.05. The van der Waals surface area contributed by atoms with Crippen molar-refractivity contribution in [2.24, 2.45) is 0 Å². The fraction of sp³-hybridized carbons (Fsp3) is 0.240. The Morgan fingerprint density at radius 1 is 1.22 bits per heavy atom. The first kappa shape index (κ1) is 21.5. The molecule has 0 bridgehead atoms. The number of para-hydroxylation sites is 1. The summed E-state index contributed by atoms with van der Waals surface area (Å²) in [6.07, 6.45) is 4.42. The van der Waals surface area contributed by atoms with Gasteiger partial charge in [-0.15, -0.1) is 0 Å². The number of pyridine rings is 1. The standard InChI is InChI=1S/C25H24N2O5/c1-32-14-12-26-24(30)18-7-2-5-16(15-18)10-11-20(28)21-23(29)19-9-3-6-17-8-4-13-27(22(17)19)25(21)31/h2-3,5-7,9-11,15,29H,4,8,12-14H2,1H3,(H,26,30)/b11-10+. The molecule has 1 aromatic heterocycles. The number of hydrogen-bond donors (Lipinski definition) is 2. The van der Waals surface area contributed by atoms with Crippen molar-refractivity contribution >= 4 is 28.7 Å². The molecular formula is C25H24N2O5. The van der Waals surface area contributed by atoms with Gasteiger partial charge in [-0.1, -0.05) is 30.3 Å². The molecule has 1 amide bonds. The number of allylic oxidation sites excluding steroid dienone is 1. The zero-order valence-corrected chi connectivity index (χ0v) is 17.8. The van der Waals surface area contributed by atoms with Crippen LogP contribution in [0.4, 0.5) is 0 Å². The number of rotatable bonds is 7. The molecule has 2 N–H and O–H groups in total. The van der Waals surface area contributed by atoms with Gasteiger partial charge in [-0.2, -0.15) is 0 Å². The summed E-state index contributed by atoms with van der Waals surface area (Å²) >= 11 is 0. The van der Waals surface area contributed by atoms with Crippen LogP contribution < -0.4 is 10.9 Å². The average molecular weight is 432 g/mol. The van der Waals surface area contributed by atoms with E-state index in [0.717, 1.165) is 18.4 Å². The summed E-state index contributed by atoms with van der Waals surface area (Å²) in [4.78, 5) is 38.2. The number of benzene rings is 2. The molecule has 0 fully saturated rings. The van der Waals surface area contributed by atoms with Crippen LogP contribution >= 0.6 is 0 Å². The molecule has 1 aliphatic rings. The third-order valence-corrected chi connectivity index (χ3v) is 5.58. The van der Waals surface area contributed by atoms with Crippen molar-refractivity contribution in [3.8, 4) is 5.75 Å². The lowest BCUT2D eigenvalue weighted by molar-refractivity contribution is 0.0936. The number of ketones is 1. The zero-order chi connectivity index (χ0) is 22.7. The Hall–Kier alpha value is -3.71. The maximum Gasteiger partial charge on any atom is 0.266 e. The Morgan fingerprint density at radius 3 is 2.84 bits per heavy atom. The molecule has 0 spiro atoms. The topological polar surface area (TPSA) is 97.6 Å². The number of carbonyl (C=O) groups excluding carboxylic acids is 2. The minimum Gasteiger partial charge on any atom is -0.506 e. The van der Waals surface area contributed by atoms with E-state index in [1.54, 1.807) is 42.0 Å². The highest BCUT2D eigenvalue weighted by Crippen LogP contribution is 2.31. The van der Waals surface area contributed by atoms with E-state index in [0.29, 0.717) is 41.7 Å². The largest absolute Gasteiger partial charge is 0.506 e. The summed E-state index contributed by atoms with van der Waals surface area (Å²) in [5.74, 6) is -1.11. The van der Waals surface area contributed by atoms with Crippen LogP contribution in [0.15, 0.2) is 53.3 Å². The molecule has 0 radical (unpaired) electrons. The van der Waals surface area contributed by atoms with Gasteiger partial charge in [-0.25, -0.2) is 0 Å². The first-order valence-electron chi connectivity index (χ1n) is 10.5. The molecule has 0 saturated heterocycles. The molecule has 164 valence electrons. The van der Waals surface area contributed by atoms with Crippen LogP contribution in [0.5, 0.6) is 5.75 Å². The van der Waals surface area contributed by atoms with E-state index in [1.165, 1.54) is 12.2 Å². The normalized spacial score (nSPS) is 12.9. The summed E-state index contributed by atoms with van der Waals surface area (Å²) in [5.41, 5.74) is 2.05. The maximum atomic E-state index is 13.0. The lowest BCUT2D eigenvalue weighted by atomic mass is 9.98. The van der Waals surface area contributed by atoms with E-state index in [4.69, 9.17) is 4.74 Å². The van der Waals surface area contributed by atoms with Crippen molar-refractivity contribution in [3.63, 3.8) is 0 Å². The molecule has 0 unspecified atom stereocenters. The van der Waals surface area contributed by atoms with Crippen molar-refractivity contribution in [1.29, 1.82) is 0 Å². The van der Waals surface area contributed by atoms with E-state index in [1.807, 2.05) is 12.1 Å². The van der Waals surface area contributed by atoms with Gasteiger partial charge >= 0.3 is 0 Å². The van der Waals surface area contributed by atoms with Crippen LogP contribution in [0, 0.1) is 0 Å². The number of ether oxygens (including phenoxy) is 1. The average Bonchev–Trinajstić information content (AvgIpc) is 2.81. The van der Waals surface area contributed by atoms with Gasteiger partial charge in [-0.3, -0.25) is 14.4 Å². The minimum absolute atomic E-state index is 0.235. The van der Waals surface area contributed by atoms with E-state index >= 15 is 0 Å². The molecule has 2 heterocycles. The predicted octanol–water partition coefficient (Wildman–Crippen LogP) is 2.93. The number of aryl methyl sites for hydroxylation is 2. The maximum absolute atomic E-state index is 13.0. The van der Waals surface area contributed by atoms with Crippen molar-refractivity contribution in [1.82, 2.24) is 9.88 Å². The Bertz CT molecular complexity index is 1290. The number of nitrogens with zero attached hydrogens (tertiary/aromatic N) is 1. The highest BCUT2D eigenvalue weighted by molar-refractivity contribution is 6.11. The van der Waals surface area contributed by atoms with Crippen LogP contribution in [0.1, 0.15) is 38.3 Å². The van der Waals surface area contributed by atoms with Crippen LogP contribution in [-0.2, 0) is 17.7 Å². The number of carbonyl (C=O) groups is 2. The molecule has 2 aromatic carbocycles. The Kier molecular flexibility index (Phi) is 6.18. The second-order valence-corrected chi connectivity index (χ2v) is 7.67. The molecular weight excluding hydrogens is 408 g/mol. The molecule has 4 rings (SSSR count). The van der Waals surface area contributed by atoms with Crippen LogP contribution in [0.3, 0.4) is 0 Å². The first-order valence-corrected chi connectivity index (χ1v) is 10.5. The monoisotopic (exact) mass is 432 g/mol. The van der Waals surface area contributed by atoms with Crippen LogP contribution in [0.25, 0.3) is 17.0 Å². The number of methoxy groups -OCH3 is 1. The van der Waals surface area contributed by atoms with E-state index in [-0.39, 0.29) is 17.2 Å². The molecule has 7 nitrogen and oxygen atoms in total. The molecule has 0 atom stereocenters. The van der Waals surface area contributed by atoms with Crippen molar-refractivity contribution in [2.75, 3.05) is 20.3 Å². The van der Waals surface area contributed by atoms with Crippen molar-refractivity contribution in [2.45, 2.75) is 19.4 Å². The van der Waals surface area contributed by atoms with Gasteiger partial charge in [0.05, 0.1) is 12.1 Å². The van der Waals surface area contributed by atoms with Gasteiger partial charge in [0.1, 0.15) is 11.3 Å². The first-order chi connectivity index (χ1) is 15.5. The number of nitrogens with one attached hydrogen (secondary N) is 1. The van der Waals surface area contributed by atoms with Gasteiger partial charge in [0, 0.05) is 31.1 Å². The predicted molar refractivity (Wildman–Crippen MR) is 122 cm³/mol. The Balaban J connectivity index is 1.64. The minimum atomic E-state index is -0.580. The van der Waals surface area contributed by atoms with Gasteiger partial charge in [0.2, 0.25) is 0 Å². The summed E-state index contributed by atoms with van der Waals surface area (Å²) in [7, 11) is 1.56. The molecule has 3 aromatic rings. The third-order valence-electron chi connectivity index (χ3n) is 5.58. The Morgan fingerprint density at radius 2 is 2.03 bits per heavy atom. The van der Waals surface area contributed by atoms with Gasteiger partial charge in [0.25, 0.3) is 11.5 Å². The second-order valence-electron chi connectivity index (χ2n) is 7.67. The lowest BCUT2D eigenvalue weighted by Gasteiger charge is -2.20. The Labute approximate surface area is 184 Å². The summed E-state index contributed by atoms with van der Waals surface area (Å²) in [5, 5.41) is 14.0. The number of aromatic nitrogens is 1. The summed E-state index contributed by atoms with van der Waals surface area (Å²) in [6.45, 7) is 1.31. The smallest absolute Gasteiger partial charge is 0.266 e. The lowest BCUT2D eigenvalue weighted by Crippen LogP contribution is -2.29. The second kappa shape index (κ2) is 9.20. The summed E-state index contributed by atoms with van der Waals surface area (Å²) < 4.78 is 6.50. The summed E-state index contributed by atoms with van der Waals surface area (Å²) in [6, 6.07) is 12.3. The number of aromatic hydroxyl groups is 1. The highest BCUT2D eigenvalue weighted by atomic mass is 16.5. The van der Waals surface area contributed by atoms with Gasteiger partial charge in [0.15, 0.2) is 5.78 Å². The molecule has 0 aliphatic carbocycles. The fourth-order valence-corrected chi connectivity index (χ4v) is 4.05. The van der Waals surface area contributed by atoms with Gasteiger partial charge < -0.3 is 19.7 Å². The number of hydrogen-bond acceptors (Lipinski definition) is 5. The molecule has 32 heavy (non-hydrogen) atoms. The van der Waals surface area contributed by atoms with Crippen LogP contribution in [-0.4, -0.2) is 41.6 Å². The van der Waals surface area contributed by atoms with Crippen molar-refractivity contribution in [3.05, 3.63) is 81.1 Å². The zero-order valence-electron chi connectivity index (χ0n) is 17.8. The number of amides is 1.